The summed E-state index contributed by atoms with van der Waals surface area (Å²) in [6.45, 7) is 0.846. The number of aryl methyl sites for hydroxylation is 2. The number of hydrogen-bond acceptors (Lipinski definition) is 8. The van der Waals surface area contributed by atoms with E-state index in [-0.39, 0.29) is 54.3 Å². The molecule has 0 spiro atoms. The summed E-state index contributed by atoms with van der Waals surface area (Å²) < 4.78 is 69.5. The molecule has 2 aliphatic rings. The number of aromatic nitrogens is 3. The highest BCUT2D eigenvalue weighted by Gasteiger charge is 2.45. The molecule has 0 saturated carbocycles. The zero-order chi connectivity index (χ0) is 35.2. The number of pyridine rings is 1. The minimum absolute atomic E-state index is 0.00113. The first-order valence-corrected chi connectivity index (χ1v) is 15.4. The van der Waals surface area contributed by atoms with Gasteiger partial charge in [-0.15, -0.1) is 0 Å². The molecule has 0 radical (unpaired) electrons. The van der Waals surface area contributed by atoms with Gasteiger partial charge in [-0.1, -0.05) is 6.07 Å². The maximum Gasteiger partial charge on any atom is 0.411 e. The predicted octanol–water partition coefficient (Wildman–Crippen LogP) is 3.05. The van der Waals surface area contributed by atoms with E-state index in [1.165, 1.54) is 49.1 Å². The number of carboxylic acids is 1. The summed E-state index contributed by atoms with van der Waals surface area (Å²) >= 11 is 0. The number of anilines is 1. The molecule has 0 aliphatic carbocycles. The van der Waals surface area contributed by atoms with Gasteiger partial charge in [-0.25, -0.2) is 18.5 Å². The van der Waals surface area contributed by atoms with Crippen LogP contribution in [-0.2, 0) is 29.4 Å². The van der Waals surface area contributed by atoms with Gasteiger partial charge in [0.15, 0.2) is 0 Å². The zero-order valence-electron chi connectivity index (χ0n) is 26.3. The number of hydrogen-bond donors (Lipinski definition) is 2. The van der Waals surface area contributed by atoms with Gasteiger partial charge >= 0.3 is 17.8 Å². The molecule has 2 aromatic carbocycles. The fourth-order valence-electron chi connectivity index (χ4n) is 6.40. The zero-order valence-corrected chi connectivity index (χ0v) is 26.3. The van der Waals surface area contributed by atoms with Crippen molar-refractivity contribution >= 4 is 28.5 Å². The lowest BCUT2D eigenvalue weighted by molar-refractivity contribution is -0.167. The minimum Gasteiger partial charge on any atom is -0.491 e. The van der Waals surface area contributed by atoms with Crippen LogP contribution >= 0.6 is 0 Å². The molecule has 1 unspecified atom stereocenters. The smallest absolute Gasteiger partial charge is 0.411 e. The van der Waals surface area contributed by atoms with Crippen LogP contribution in [0.1, 0.15) is 33.5 Å². The third kappa shape index (κ3) is 6.23. The second kappa shape index (κ2) is 13.0. The predicted molar refractivity (Wildman–Crippen MR) is 168 cm³/mol. The first-order chi connectivity index (χ1) is 23.3. The normalized spacial score (nSPS) is 16.9. The number of carbonyl (C=O) groups excluding carboxylic acids is 1. The van der Waals surface area contributed by atoms with Crippen LogP contribution in [-0.4, -0.2) is 75.7 Å². The number of ether oxygens (including phenoxy) is 2. The summed E-state index contributed by atoms with van der Waals surface area (Å²) in [5, 5.41) is 12.7. The molecule has 16 heteroatoms. The van der Waals surface area contributed by atoms with Crippen molar-refractivity contribution in [3.8, 4) is 11.4 Å². The van der Waals surface area contributed by atoms with Gasteiger partial charge in [0.2, 0.25) is 0 Å². The van der Waals surface area contributed by atoms with E-state index in [9.17, 15) is 37.5 Å². The molecule has 12 nitrogen and oxygen atoms in total. The number of alkyl halides is 3. The molecule has 1 fully saturated rings. The van der Waals surface area contributed by atoms with E-state index in [1.54, 1.807) is 6.07 Å². The third-order valence-electron chi connectivity index (χ3n) is 8.83. The van der Waals surface area contributed by atoms with Gasteiger partial charge < -0.3 is 24.8 Å². The van der Waals surface area contributed by atoms with Crippen LogP contribution in [0, 0.1) is 12.7 Å². The van der Waals surface area contributed by atoms with E-state index in [1.807, 2.05) is 0 Å². The number of carboxylic acid groups (broad SMARTS) is 1. The van der Waals surface area contributed by atoms with E-state index < -0.39 is 59.4 Å². The minimum atomic E-state index is -4.64. The molecule has 258 valence electrons. The van der Waals surface area contributed by atoms with Gasteiger partial charge in [-0.3, -0.25) is 19.1 Å². The lowest BCUT2D eigenvalue weighted by atomic mass is 9.93. The van der Waals surface area contributed by atoms with Crippen molar-refractivity contribution in [2.45, 2.75) is 44.4 Å². The average molecular weight is 686 g/mol. The van der Waals surface area contributed by atoms with Crippen molar-refractivity contribution in [3.63, 3.8) is 0 Å². The van der Waals surface area contributed by atoms with E-state index in [4.69, 9.17) is 9.47 Å². The van der Waals surface area contributed by atoms with E-state index in [0.717, 1.165) is 15.5 Å². The van der Waals surface area contributed by atoms with Crippen molar-refractivity contribution in [1.82, 2.24) is 19.4 Å². The van der Waals surface area contributed by atoms with E-state index in [0.29, 0.717) is 29.5 Å². The van der Waals surface area contributed by atoms with Gasteiger partial charge in [0.05, 0.1) is 48.2 Å². The Balaban J connectivity index is 1.31. The Morgan fingerprint density at radius 2 is 1.94 bits per heavy atom. The number of carbonyl (C=O) groups is 2. The van der Waals surface area contributed by atoms with Crippen molar-refractivity contribution < 1.29 is 41.7 Å². The highest BCUT2D eigenvalue weighted by Crippen LogP contribution is 2.35. The lowest BCUT2D eigenvalue weighted by Crippen LogP contribution is -2.53. The Bertz CT molecular complexity index is 2070. The standard InChI is InChI=1S/C33H31F4N5O7/c1-17-12-19(41-9-11-48-16-26(41)33(35,36)37)14-22(34)27(17)29(43)39-23(31(45)46)13-18-5-6-24(28-20(18)4-3-10-49-28)42-30(44)21-7-8-38-15-25(21)40(2)32(42)47/h5-8,12,14-15,23,26H,3-4,9-11,13,16H2,1-2H3,(H,39,43)(H,45,46)/t23?,26-/m1/s1. The first kappa shape index (κ1) is 33.6. The summed E-state index contributed by atoms with van der Waals surface area (Å²) in [5.41, 5.74) is -0.300. The Labute approximate surface area is 275 Å². The van der Waals surface area contributed by atoms with Crippen LogP contribution in [0.25, 0.3) is 16.6 Å². The quantitative estimate of drug-likeness (QED) is 0.281. The number of benzene rings is 2. The number of morpholine rings is 1. The number of fused-ring (bicyclic) bond motifs is 2. The molecule has 2 aliphatic heterocycles. The van der Waals surface area contributed by atoms with Gasteiger partial charge in [0.25, 0.3) is 11.5 Å². The number of rotatable bonds is 7. The Hall–Kier alpha value is -5.25. The number of halogens is 4. The van der Waals surface area contributed by atoms with Gasteiger partial charge in [0, 0.05) is 31.9 Å². The van der Waals surface area contributed by atoms with Crippen molar-refractivity contribution in [3.05, 3.63) is 91.6 Å². The van der Waals surface area contributed by atoms with Crippen LogP contribution in [0.4, 0.5) is 23.2 Å². The van der Waals surface area contributed by atoms with Crippen molar-refractivity contribution in [2.75, 3.05) is 31.3 Å². The van der Waals surface area contributed by atoms with Crippen LogP contribution in [0.2, 0.25) is 0 Å². The molecular weight excluding hydrogens is 654 g/mol. The van der Waals surface area contributed by atoms with Crippen molar-refractivity contribution in [1.29, 1.82) is 0 Å². The summed E-state index contributed by atoms with van der Waals surface area (Å²) in [4.78, 5) is 57.5. The number of aliphatic carboxylic acids is 1. The van der Waals surface area contributed by atoms with Crippen LogP contribution in [0.15, 0.2) is 52.3 Å². The molecule has 2 N–H and O–H groups in total. The van der Waals surface area contributed by atoms with Gasteiger partial charge in [-0.05, 0) is 60.7 Å². The topological polar surface area (TPSA) is 145 Å². The van der Waals surface area contributed by atoms with Gasteiger partial charge in [-0.2, -0.15) is 13.2 Å². The number of amides is 1. The number of nitrogens with zero attached hydrogens (tertiary/aromatic N) is 4. The molecule has 0 bridgehead atoms. The third-order valence-corrected chi connectivity index (χ3v) is 8.83. The Kier molecular flexibility index (Phi) is 8.92. The van der Waals surface area contributed by atoms with E-state index >= 15 is 4.39 Å². The maximum atomic E-state index is 15.4. The summed E-state index contributed by atoms with van der Waals surface area (Å²) in [7, 11) is 1.50. The lowest BCUT2D eigenvalue weighted by Gasteiger charge is -2.38. The van der Waals surface area contributed by atoms with Crippen molar-refractivity contribution in [2.24, 2.45) is 7.05 Å². The van der Waals surface area contributed by atoms with Crippen LogP contribution in [0.3, 0.4) is 0 Å². The second-order valence-corrected chi connectivity index (χ2v) is 11.9. The largest absolute Gasteiger partial charge is 0.491 e. The average Bonchev–Trinajstić information content (AvgIpc) is 3.07. The highest BCUT2D eigenvalue weighted by molar-refractivity contribution is 5.98. The molecule has 6 rings (SSSR count). The fraction of sp³-hybridized carbons (Fsp3) is 0.364. The summed E-state index contributed by atoms with van der Waals surface area (Å²) in [6, 6.07) is 3.03. The molecule has 4 aromatic rings. The Morgan fingerprint density at radius 3 is 2.65 bits per heavy atom. The van der Waals surface area contributed by atoms with Crippen LogP contribution < -0.4 is 26.2 Å². The maximum absolute atomic E-state index is 15.4. The SMILES string of the molecule is Cc1cc(N2CCOC[C@@H]2C(F)(F)F)cc(F)c1C(=O)NC(Cc1ccc(-n2c(=O)c3ccncc3n(C)c2=O)c2c1CCCO2)C(=O)O. The number of nitrogens with one attached hydrogen (secondary N) is 1. The summed E-state index contributed by atoms with van der Waals surface area (Å²) in [5.74, 6) is -3.38. The molecule has 49 heavy (non-hydrogen) atoms. The Morgan fingerprint density at radius 1 is 1.16 bits per heavy atom. The summed E-state index contributed by atoms with van der Waals surface area (Å²) in [6.07, 6.45) is -1.09. The molecule has 2 aromatic heterocycles. The molecule has 4 heterocycles. The molecule has 1 saturated heterocycles. The fourth-order valence-corrected chi connectivity index (χ4v) is 6.40. The molecule has 2 atom stereocenters. The van der Waals surface area contributed by atoms with E-state index in [2.05, 4.69) is 10.3 Å². The highest BCUT2D eigenvalue weighted by atomic mass is 19.4. The molecular formula is C33H31F4N5O7. The van der Waals surface area contributed by atoms with Crippen LogP contribution in [0.5, 0.6) is 5.75 Å². The molecule has 1 amide bonds. The van der Waals surface area contributed by atoms with Gasteiger partial charge in [0.1, 0.15) is 23.7 Å². The first-order valence-electron chi connectivity index (χ1n) is 15.4. The second-order valence-electron chi connectivity index (χ2n) is 11.9. The monoisotopic (exact) mass is 685 g/mol.